The van der Waals surface area contributed by atoms with Gasteiger partial charge in [0.05, 0.1) is 24.2 Å². The molecule has 0 heterocycles. The topological polar surface area (TPSA) is 46.6 Å². The molecular formula is C10H13N2O2S+. The maximum Gasteiger partial charge on any atom is 0.430 e. The third-order valence-electron chi connectivity index (χ3n) is 1.75. The van der Waals surface area contributed by atoms with Crippen LogP contribution in [0, 0.1) is 5.39 Å². The maximum absolute atomic E-state index is 8.79. The standard InChI is InChI=1S/C10H12N2O2S/c1-3-13-8-6-10(15)9(14-4-2)5-7(8)12-11/h5-6H,3-4H2,1-2H3/p+1. The number of rotatable bonds is 4. The molecule has 15 heavy (non-hydrogen) atoms. The van der Waals surface area contributed by atoms with E-state index in [4.69, 9.17) is 14.9 Å². The van der Waals surface area contributed by atoms with Crippen molar-refractivity contribution in [1.82, 2.24) is 0 Å². The molecule has 5 heteroatoms. The molecule has 0 spiro atoms. The van der Waals surface area contributed by atoms with E-state index in [2.05, 4.69) is 17.6 Å². The Morgan fingerprint density at radius 3 is 2.33 bits per heavy atom. The predicted octanol–water partition coefficient (Wildman–Crippen LogP) is 3.26. The van der Waals surface area contributed by atoms with Gasteiger partial charge in [-0.05, 0) is 13.8 Å². The van der Waals surface area contributed by atoms with E-state index in [1.807, 2.05) is 13.8 Å². The molecule has 1 aromatic rings. The van der Waals surface area contributed by atoms with Crippen molar-refractivity contribution in [3.05, 3.63) is 17.1 Å². The minimum atomic E-state index is 0.345. The number of hydrogen-bond donors (Lipinski definition) is 1. The Balaban J connectivity index is 3.12. The highest BCUT2D eigenvalue weighted by molar-refractivity contribution is 7.80. The Morgan fingerprint density at radius 1 is 1.20 bits per heavy atom. The molecule has 4 nitrogen and oxygen atoms in total. The lowest BCUT2D eigenvalue weighted by Gasteiger charge is -2.06. The lowest BCUT2D eigenvalue weighted by atomic mass is 10.3. The van der Waals surface area contributed by atoms with Crippen molar-refractivity contribution < 1.29 is 9.47 Å². The van der Waals surface area contributed by atoms with Gasteiger partial charge in [-0.1, -0.05) is 0 Å². The predicted molar refractivity (Wildman–Crippen MR) is 60.8 cm³/mol. The number of thiol groups is 1. The molecule has 80 valence electrons. The summed E-state index contributed by atoms with van der Waals surface area (Å²) in [7, 11) is 0. The largest absolute Gasteiger partial charge is 0.492 e. The maximum atomic E-state index is 8.79. The highest BCUT2D eigenvalue weighted by Crippen LogP contribution is 2.36. The monoisotopic (exact) mass is 225 g/mol. The molecule has 1 aromatic carbocycles. The number of benzene rings is 1. The first-order valence-electron chi connectivity index (χ1n) is 4.70. The fourth-order valence-electron chi connectivity index (χ4n) is 1.16. The number of ether oxygens (including phenoxy) is 2. The Morgan fingerprint density at radius 2 is 1.80 bits per heavy atom. The van der Waals surface area contributed by atoms with E-state index in [0.29, 0.717) is 35.3 Å². The minimum absolute atomic E-state index is 0.345. The van der Waals surface area contributed by atoms with Crippen molar-refractivity contribution in [2.24, 2.45) is 0 Å². The van der Waals surface area contributed by atoms with Gasteiger partial charge in [-0.2, -0.15) is 0 Å². The molecule has 0 unspecified atom stereocenters. The van der Waals surface area contributed by atoms with Crippen LogP contribution in [0.5, 0.6) is 11.5 Å². The van der Waals surface area contributed by atoms with Gasteiger partial charge in [0.15, 0.2) is 4.98 Å². The van der Waals surface area contributed by atoms with Crippen molar-refractivity contribution in [1.29, 1.82) is 5.39 Å². The van der Waals surface area contributed by atoms with Gasteiger partial charge in [0, 0.05) is 6.07 Å². The summed E-state index contributed by atoms with van der Waals surface area (Å²) in [4.78, 5) is 3.79. The van der Waals surface area contributed by atoms with Gasteiger partial charge >= 0.3 is 5.69 Å². The number of diazo groups is 1. The Kier molecular flexibility index (Phi) is 4.25. The average molecular weight is 225 g/mol. The van der Waals surface area contributed by atoms with Gasteiger partial charge in [0.25, 0.3) is 0 Å². The molecule has 0 atom stereocenters. The van der Waals surface area contributed by atoms with Crippen LogP contribution in [0.25, 0.3) is 4.98 Å². The van der Waals surface area contributed by atoms with Gasteiger partial charge in [-0.25, -0.2) is 0 Å². The molecule has 0 fully saturated rings. The lowest BCUT2D eigenvalue weighted by Crippen LogP contribution is -1.95. The number of nitrogens with zero attached hydrogens (tertiary/aromatic N) is 2. The summed E-state index contributed by atoms with van der Waals surface area (Å²) in [6, 6.07) is 3.27. The second-order valence-electron chi connectivity index (χ2n) is 2.75. The zero-order valence-electron chi connectivity index (χ0n) is 8.73. The van der Waals surface area contributed by atoms with E-state index in [1.165, 1.54) is 0 Å². The minimum Gasteiger partial charge on any atom is -0.492 e. The van der Waals surface area contributed by atoms with Gasteiger partial charge in [0.1, 0.15) is 5.75 Å². The first-order valence-corrected chi connectivity index (χ1v) is 5.15. The molecule has 0 aliphatic carbocycles. The van der Waals surface area contributed by atoms with Gasteiger partial charge in [-0.15, -0.1) is 12.6 Å². The first-order chi connectivity index (χ1) is 7.22. The summed E-state index contributed by atoms with van der Waals surface area (Å²) in [6.45, 7) is 4.77. The van der Waals surface area contributed by atoms with E-state index in [9.17, 15) is 0 Å². The molecule has 0 saturated carbocycles. The van der Waals surface area contributed by atoms with Crippen LogP contribution in [-0.4, -0.2) is 13.2 Å². The van der Waals surface area contributed by atoms with Crippen molar-refractivity contribution in [2.75, 3.05) is 13.2 Å². The van der Waals surface area contributed by atoms with Crippen LogP contribution < -0.4 is 9.47 Å². The first kappa shape index (κ1) is 11.7. The van der Waals surface area contributed by atoms with Crippen LogP contribution in [0.2, 0.25) is 0 Å². The fraction of sp³-hybridized carbons (Fsp3) is 0.400. The van der Waals surface area contributed by atoms with Crippen LogP contribution in [-0.2, 0) is 0 Å². The van der Waals surface area contributed by atoms with E-state index < -0.39 is 0 Å². The molecule has 0 aliphatic rings. The van der Waals surface area contributed by atoms with Crippen molar-refractivity contribution in [3.8, 4) is 11.5 Å². The molecule has 0 N–H and O–H groups in total. The summed E-state index contributed by atoms with van der Waals surface area (Å²) < 4.78 is 10.6. The lowest BCUT2D eigenvalue weighted by molar-refractivity contribution is 0.325. The second-order valence-corrected chi connectivity index (χ2v) is 3.24. The van der Waals surface area contributed by atoms with E-state index in [0.717, 1.165) is 0 Å². The van der Waals surface area contributed by atoms with Crippen LogP contribution >= 0.6 is 12.6 Å². The molecule has 1 rings (SSSR count). The normalized spacial score (nSPS) is 9.47. The Bertz CT molecular complexity index is 388. The summed E-state index contributed by atoms with van der Waals surface area (Å²) in [5.74, 6) is 1.07. The van der Waals surface area contributed by atoms with Crippen LogP contribution in [0.3, 0.4) is 0 Å². The molecule has 0 amide bonds. The van der Waals surface area contributed by atoms with Crippen LogP contribution in [0.1, 0.15) is 13.8 Å². The third-order valence-corrected chi connectivity index (χ3v) is 2.10. The molecule has 0 aromatic heterocycles. The zero-order chi connectivity index (χ0) is 11.3. The van der Waals surface area contributed by atoms with Gasteiger partial charge < -0.3 is 9.47 Å². The summed E-state index contributed by atoms with van der Waals surface area (Å²) >= 11 is 4.25. The fourth-order valence-corrected chi connectivity index (χ4v) is 1.41. The van der Waals surface area contributed by atoms with Crippen LogP contribution in [0.15, 0.2) is 17.0 Å². The second kappa shape index (κ2) is 5.47. The Labute approximate surface area is 94.2 Å². The Hall–Kier alpha value is -1.41. The zero-order valence-corrected chi connectivity index (χ0v) is 9.62. The van der Waals surface area contributed by atoms with E-state index >= 15 is 0 Å². The summed E-state index contributed by atoms with van der Waals surface area (Å²) in [6.07, 6.45) is 0. The molecule has 0 aliphatic heterocycles. The molecule has 0 bridgehead atoms. The smallest absolute Gasteiger partial charge is 0.430 e. The quantitative estimate of drug-likeness (QED) is 0.632. The SMILES string of the molecule is CCOc1cc([N+]#N)c(OCC)cc1S. The molecular weight excluding hydrogens is 212 g/mol. The summed E-state index contributed by atoms with van der Waals surface area (Å²) in [5.41, 5.74) is 0.345. The molecule has 0 saturated heterocycles. The van der Waals surface area contributed by atoms with Crippen molar-refractivity contribution in [2.45, 2.75) is 18.7 Å². The van der Waals surface area contributed by atoms with E-state index in [1.54, 1.807) is 12.1 Å². The summed E-state index contributed by atoms with van der Waals surface area (Å²) in [5, 5.41) is 8.79. The van der Waals surface area contributed by atoms with Gasteiger partial charge in [0.2, 0.25) is 11.1 Å². The van der Waals surface area contributed by atoms with E-state index in [-0.39, 0.29) is 0 Å². The van der Waals surface area contributed by atoms with Crippen molar-refractivity contribution in [3.63, 3.8) is 0 Å². The highest BCUT2D eigenvalue weighted by Gasteiger charge is 2.19. The average Bonchev–Trinajstić information content (AvgIpc) is 2.22. The molecule has 0 radical (unpaired) electrons. The highest BCUT2D eigenvalue weighted by atomic mass is 32.1. The van der Waals surface area contributed by atoms with Crippen LogP contribution in [0.4, 0.5) is 5.69 Å². The van der Waals surface area contributed by atoms with Gasteiger partial charge in [-0.3, -0.25) is 0 Å². The number of hydrogen-bond acceptors (Lipinski definition) is 4. The van der Waals surface area contributed by atoms with Crippen molar-refractivity contribution >= 4 is 18.3 Å². The third kappa shape index (κ3) is 2.77.